The lowest BCUT2D eigenvalue weighted by Crippen LogP contribution is -2.37. The molecule has 34 heavy (non-hydrogen) atoms. The molecule has 1 aromatic carbocycles. The number of benzene rings is 1. The van der Waals surface area contributed by atoms with E-state index in [1.54, 1.807) is 12.3 Å². The largest absolute Gasteiger partial charge is 0.486 e. The maximum Gasteiger partial charge on any atom is 0.248 e. The number of rotatable bonds is 6. The highest BCUT2D eigenvalue weighted by Gasteiger charge is 2.22. The molecule has 5 rings (SSSR count). The van der Waals surface area contributed by atoms with Crippen molar-refractivity contribution in [2.75, 3.05) is 47.2 Å². The summed E-state index contributed by atoms with van der Waals surface area (Å²) in [7, 11) is 0. The third-order valence-electron chi connectivity index (χ3n) is 5.75. The van der Waals surface area contributed by atoms with Gasteiger partial charge in [-0.25, -0.2) is 9.97 Å². The van der Waals surface area contributed by atoms with Crippen LogP contribution < -0.4 is 25.6 Å². The standard InChI is InChI=1S/C25H26N6O3/c1-2-24(32)30-23-6-3-17(15-28-23)14-27-18-4-5-22-20(13-18)29-25-19(16-34-22)21(7-8-26-25)31-9-11-33-12-10-31/h2-8,13,15,27H,1,9-12,14,16H2,(H,26,29)(H,28,30,32). The summed E-state index contributed by atoms with van der Waals surface area (Å²) in [6, 6.07) is 11.7. The van der Waals surface area contributed by atoms with Crippen LogP contribution in [0.1, 0.15) is 11.1 Å². The van der Waals surface area contributed by atoms with Gasteiger partial charge in [-0.2, -0.15) is 0 Å². The van der Waals surface area contributed by atoms with Crippen molar-refractivity contribution >= 4 is 34.6 Å². The van der Waals surface area contributed by atoms with Crippen LogP contribution in [0.5, 0.6) is 5.75 Å². The van der Waals surface area contributed by atoms with Gasteiger partial charge in [0.15, 0.2) is 0 Å². The summed E-state index contributed by atoms with van der Waals surface area (Å²) in [4.78, 5) is 22.5. The van der Waals surface area contributed by atoms with E-state index in [1.807, 2.05) is 36.5 Å². The van der Waals surface area contributed by atoms with Gasteiger partial charge in [0.2, 0.25) is 5.91 Å². The van der Waals surface area contributed by atoms with Gasteiger partial charge in [0.1, 0.15) is 24.0 Å². The average Bonchev–Trinajstić information content (AvgIpc) is 3.07. The van der Waals surface area contributed by atoms with Crippen LogP contribution in [-0.2, 0) is 22.7 Å². The van der Waals surface area contributed by atoms with Crippen LogP contribution in [0.25, 0.3) is 0 Å². The molecule has 2 aliphatic rings. The van der Waals surface area contributed by atoms with Crippen LogP contribution in [-0.4, -0.2) is 42.2 Å². The maximum atomic E-state index is 11.4. The lowest BCUT2D eigenvalue weighted by Gasteiger charge is -2.30. The van der Waals surface area contributed by atoms with Crippen LogP contribution in [0.3, 0.4) is 0 Å². The van der Waals surface area contributed by atoms with Gasteiger partial charge in [-0.05, 0) is 42.0 Å². The van der Waals surface area contributed by atoms with Crippen LogP contribution in [0.4, 0.5) is 28.7 Å². The zero-order valence-corrected chi connectivity index (χ0v) is 18.7. The number of nitrogens with one attached hydrogen (secondary N) is 3. The van der Waals surface area contributed by atoms with Gasteiger partial charge in [0, 0.05) is 43.4 Å². The van der Waals surface area contributed by atoms with Gasteiger partial charge in [0.25, 0.3) is 0 Å². The first kappa shape index (κ1) is 21.7. The Hall–Kier alpha value is -4.11. The first-order valence-electron chi connectivity index (χ1n) is 11.2. The molecule has 1 amide bonds. The van der Waals surface area contributed by atoms with Crippen molar-refractivity contribution in [2.45, 2.75) is 13.2 Å². The highest BCUT2D eigenvalue weighted by Crippen LogP contribution is 2.38. The van der Waals surface area contributed by atoms with Crippen LogP contribution in [0.15, 0.2) is 61.4 Å². The molecule has 2 aromatic heterocycles. The van der Waals surface area contributed by atoms with Gasteiger partial charge >= 0.3 is 0 Å². The Balaban J connectivity index is 1.28. The maximum absolute atomic E-state index is 11.4. The molecule has 1 saturated heterocycles. The van der Waals surface area contributed by atoms with Crippen molar-refractivity contribution in [3.05, 3.63) is 72.6 Å². The number of morpholine rings is 1. The Labute approximate surface area is 197 Å². The molecule has 0 unspecified atom stereocenters. The van der Waals surface area contributed by atoms with Crippen molar-refractivity contribution < 1.29 is 14.3 Å². The molecule has 0 bridgehead atoms. The minimum atomic E-state index is -0.286. The van der Waals surface area contributed by atoms with E-state index in [1.165, 1.54) is 6.08 Å². The number of hydrogen-bond donors (Lipinski definition) is 3. The Morgan fingerprint density at radius 2 is 2.06 bits per heavy atom. The number of hydrogen-bond acceptors (Lipinski definition) is 8. The van der Waals surface area contributed by atoms with Crippen molar-refractivity contribution in [3.8, 4) is 5.75 Å². The van der Waals surface area contributed by atoms with Gasteiger partial charge < -0.3 is 30.3 Å². The second kappa shape index (κ2) is 9.80. The minimum Gasteiger partial charge on any atom is -0.486 e. The van der Waals surface area contributed by atoms with Crippen LogP contribution >= 0.6 is 0 Å². The highest BCUT2D eigenvalue weighted by atomic mass is 16.5. The normalized spacial score (nSPS) is 14.5. The molecular weight excluding hydrogens is 432 g/mol. The summed E-state index contributed by atoms with van der Waals surface area (Å²) in [6.45, 7) is 7.63. The number of carbonyl (C=O) groups is 1. The topological polar surface area (TPSA) is 101 Å². The lowest BCUT2D eigenvalue weighted by molar-refractivity contribution is -0.111. The third kappa shape index (κ3) is 4.79. The van der Waals surface area contributed by atoms with Crippen LogP contribution in [0.2, 0.25) is 0 Å². The molecule has 1 fully saturated rings. The number of anilines is 5. The van der Waals surface area contributed by atoms with Crippen molar-refractivity contribution in [1.29, 1.82) is 0 Å². The van der Waals surface area contributed by atoms with Gasteiger partial charge in [-0.15, -0.1) is 0 Å². The second-order valence-corrected chi connectivity index (χ2v) is 7.98. The molecule has 9 heteroatoms. The molecule has 3 N–H and O–H groups in total. The summed E-state index contributed by atoms with van der Waals surface area (Å²) >= 11 is 0. The fourth-order valence-corrected chi connectivity index (χ4v) is 3.96. The lowest BCUT2D eigenvalue weighted by atomic mass is 10.2. The molecular formula is C25H26N6O3. The van der Waals surface area contributed by atoms with E-state index in [4.69, 9.17) is 9.47 Å². The van der Waals surface area contributed by atoms with E-state index in [0.29, 0.717) is 19.0 Å². The average molecular weight is 459 g/mol. The molecule has 2 aliphatic heterocycles. The Bertz CT molecular complexity index is 1190. The summed E-state index contributed by atoms with van der Waals surface area (Å²) in [5.41, 5.74) is 4.96. The number of fused-ring (bicyclic) bond motifs is 2. The number of nitrogens with zero attached hydrogens (tertiary/aromatic N) is 3. The number of ether oxygens (including phenoxy) is 2. The SMILES string of the molecule is C=CC(=O)Nc1ccc(CNc2ccc3c(c2)Nc2nccc(N4CCOCC4)c2CO3)cn1. The molecule has 0 atom stereocenters. The molecule has 0 spiro atoms. The van der Waals surface area contributed by atoms with E-state index in [-0.39, 0.29) is 5.91 Å². The molecule has 3 aromatic rings. The van der Waals surface area contributed by atoms with E-state index < -0.39 is 0 Å². The van der Waals surface area contributed by atoms with Crippen molar-refractivity contribution in [1.82, 2.24) is 9.97 Å². The highest BCUT2D eigenvalue weighted by molar-refractivity contribution is 5.98. The summed E-state index contributed by atoms with van der Waals surface area (Å²) in [6.07, 6.45) is 4.77. The number of amides is 1. The van der Waals surface area contributed by atoms with Crippen molar-refractivity contribution in [2.24, 2.45) is 0 Å². The number of aromatic nitrogens is 2. The second-order valence-electron chi connectivity index (χ2n) is 7.98. The first-order valence-corrected chi connectivity index (χ1v) is 11.2. The smallest absolute Gasteiger partial charge is 0.248 e. The fraction of sp³-hybridized carbons (Fsp3) is 0.240. The predicted molar refractivity (Wildman–Crippen MR) is 132 cm³/mol. The summed E-state index contributed by atoms with van der Waals surface area (Å²) < 4.78 is 11.6. The molecule has 0 saturated carbocycles. The number of carbonyl (C=O) groups excluding carboxylic acids is 1. The number of pyridine rings is 2. The van der Waals surface area contributed by atoms with E-state index in [0.717, 1.165) is 66.1 Å². The molecule has 4 heterocycles. The quantitative estimate of drug-likeness (QED) is 0.481. The zero-order chi connectivity index (χ0) is 23.3. The van der Waals surface area contributed by atoms with E-state index in [9.17, 15) is 4.79 Å². The Morgan fingerprint density at radius 1 is 1.18 bits per heavy atom. The summed E-state index contributed by atoms with van der Waals surface area (Å²) in [5.74, 6) is 1.79. The first-order chi connectivity index (χ1) is 16.7. The molecule has 174 valence electrons. The van der Waals surface area contributed by atoms with Crippen LogP contribution in [0, 0.1) is 0 Å². The molecule has 0 aliphatic carbocycles. The van der Waals surface area contributed by atoms with Crippen molar-refractivity contribution in [3.63, 3.8) is 0 Å². The summed E-state index contributed by atoms with van der Waals surface area (Å²) in [5, 5.41) is 9.51. The van der Waals surface area contributed by atoms with E-state index >= 15 is 0 Å². The predicted octanol–water partition coefficient (Wildman–Crippen LogP) is 3.69. The Morgan fingerprint density at radius 3 is 2.85 bits per heavy atom. The molecule has 9 nitrogen and oxygen atoms in total. The fourth-order valence-electron chi connectivity index (χ4n) is 3.96. The van der Waals surface area contributed by atoms with Gasteiger partial charge in [-0.1, -0.05) is 12.6 Å². The third-order valence-corrected chi connectivity index (χ3v) is 5.75. The van der Waals surface area contributed by atoms with Gasteiger partial charge in [0.05, 0.1) is 24.5 Å². The minimum absolute atomic E-state index is 0.286. The molecule has 0 radical (unpaired) electrons. The monoisotopic (exact) mass is 458 g/mol. The Kier molecular flexibility index (Phi) is 6.26. The van der Waals surface area contributed by atoms with E-state index in [2.05, 4.69) is 37.4 Å². The van der Waals surface area contributed by atoms with Gasteiger partial charge in [-0.3, -0.25) is 4.79 Å². The zero-order valence-electron chi connectivity index (χ0n) is 18.7.